The molecule has 2 heterocycles. The first-order valence-corrected chi connectivity index (χ1v) is 12.3. The number of carbonyl (C=O) groups excluding carboxylic acids is 1. The molecule has 2 aromatic carbocycles. The Morgan fingerprint density at radius 3 is 2.58 bits per heavy atom. The predicted molar refractivity (Wildman–Crippen MR) is 122 cm³/mol. The number of nitrogens with zero attached hydrogens (tertiary/aromatic N) is 2. The molecule has 0 fully saturated rings. The number of hydrogen-bond acceptors (Lipinski definition) is 6. The summed E-state index contributed by atoms with van der Waals surface area (Å²) in [7, 11) is -1.79. The summed E-state index contributed by atoms with van der Waals surface area (Å²) in [5.41, 5.74) is 2.86. The van der Waals surface area contributed by atoms with Crippen molar-refractivity contribution < 1.29 is 17.9 Å². The van der Waals surface area contributed by atoms with Gasteiger partial charge in [0.2, 0.25) is 10.0 Å². The van der Waals surface area contributed by atoms with Crippen LogP contribution in [0.4, 0.5) is 5.69 Å². The first kappa shape index (κ1) is 21.1. The number of thiophene rings is 1. The van der Waals surface area contributed by atoms with E-state index in [9.17, 15) is 13.2 Å². The Kier molecular flexibility index (Phi) is 5.79. The number of anilines is 1. The second kappa shape index (κ2) is 8.52. The lowest BCUT2D eigenvalue weighted by Gasteiger charge is -2.21. The predicted octanol–water partition coefficient (Wildman–Crippen LogP) is 4.12. The largest absolute Gasteiger partial charge is 0.497 e. The molecular weight excluding hydrogens is 434 g/mol. The summed E-state index contributed by atoms with van der Waals surface area (Å²) < 4.78 is 30.9. The zero-order valence-electron chi connectivity index (χ0n) is 17.0. The first-order valence-electron chi connectivity index (χ1n) is 9.51. The topological polar surface area (TPSA) is 88.1 Å². The molecule has 0 spiro atoms. The van der Waals surface area contributed by atoms with Gasteiger partial charge < -0.3 is 4.74 Å². The molecule has 0 saturated heterocycles. The summed E-state index contributed by atoms with van der Waals surface area (Å²) in [6, 6.07) is 17.9. The van der Waals surface area contributed by atoms with Crippen LogP contribution in [0, 0.1) is 0 Å². The minimum atomic E-state index is -3.40. The second-order valence-electron chi connectivity index (χ2n) is 7.12. The number of nitrogens with one attached hydrogen (secondary N) is 1. The fraction of sp³-hybridized carbons (Fsp3) is 0.182. The van der Waals surface area contributed by atoms with Crippen LogP contribution in [0.15, 0.2) is 71.1 Å². The van der Waals surface area contributed by atoms with Crippen molar-refractivity contribution in [1.29, 1.82) is 0 Å². The van der Waals surface area contributed by atoms with Gasteiger partial charge in [0.05, 0.1) is 30.0 Å². The van der Waals surface area contributed by atoms with Gasteiger partial charge >= 0.3 is 0 Å². The van der Waals surface area contributed by atoms with Gasteiger partial charge in [-0.05, 0) is 46.8 Å². The van der Waals surface area contributed by atoms with Gasteiger partial charge in [-0.15, -0.1) is 11.3 Å². The van der Waals surface area contributed by atoms with Gasteiger partial charge in [0.25, 0.3) is 5.91 Å². The molecule has 0 bridgehead atoms. The standard InChI is InChI=1S/C22H21N3O4S2/c1-29-18-10-8-15(9-11-18)20-14-19(23-25(20)22(26)21-7-4-12-30-21)16-5-3-6-17(13-16)24-31(2,27)28/h3-13,20,24H,14H2,1-2H3/t20-/m1/s1. The van der Waals surface area contributed by atoms with Crippen molar-refractivity contribution in [2.75, 3.05) is 18.1 Å². The van der Waals surface area contributed by atoms with Crippen molar-refractivity contribution in [1.82, 2.24) is 5.01 Å². The Morgan fingerprint density at radius 2 is 1.94 bits per heavy atom. The Labute approximate surface area is 185 Å². The lowest BCUT2D eigenvalue weighted by molar-refractivity contribution is 0.0716. The Morgan fingerprint density at radius 1 is 1.16 bits per heavy atom. The van der Waals surface area contributed by atoms with Crippen molar-refractivity contribution in [3.05, 3.63) is 82.0 Å². The smallest absolute Gasteiger partial charge is 0.284 e. The van der Waals surface area contributed by atoms with Gasteiger partial charge in [0, 0.05) is 12.1 Å². The molecule has 1 aliphatic heterocycles. The molecule has 1 aliphatic rings. The normalized spacial score (nSPS) is 16.1. The molecule has 0 unspecified atom stereocenters. The van der Waals surface area contributed by atoms with Crippen LogP contribution >= 0.6 is 11.3 Å². The minimum Gasteiger partial charge on any atom is -0.497 e. The van der Waals surface area contributed by atoms with E-state index in [1.165, 1.54) is 16.3 Å². The zero-order valence-corrected chi connectivity index (χ0v) is 18.6. The second-order valence-corrected chi connectivity index (χ2v) is 9.82. The van der Waals surface area contributed by atoms with E-state index < -0.39 is 10.0 Å². The van der Waals surface area contributed by atoms with Crippen molar-refractivity contribution in [2.24, 2.45) is 5.10 Å². The van der Waals surface area contributed by atoms with Gasteiger partial charge in [-0.25, -0.2) is 13.4 Å². The number of hydrogen-bond donors (Lipinski definition) is 1. The highest BCUT2D eigenvalue weighted by atomic mass is 32.2. The summed E-state index contributed by atoms with van der Waals surface area (Å²) in [4.78, 5) is 13.8. The minimum absolute atomic E-state index is 0.170. The van der Waals surface area contributed by atoms with Crippen molar-refractivity contribution in [3.8, 4) is 5.75 Å². The van der Waals surface area contributed by atoms with Crippen LogP contribution in [0.25, 0.3) is 0 Å². The SMILES string of the molecule is COc1ccc([C@H]2CC(c3cccc(NS(C)(=O)=O)c3)=NN2C(=O)c2cccs2)cc1. The van der Waals surface area contributed by atoms with Crippen LogP contribution in [0.5, 0.6) is 5.75 Å². The van der Waals surface area contributed by atoms with Crippen LogP contribution in [0.2, 0.25) is 0 Å². The average Bonchev–Trinajstić information content (AvgIpc) is 3.43. The number of amides is 1. The lowest BCUT2D eigenvalue weighted by Crippen LogP contribution is -2.26. The molecule has 1 N–H and O–H groups in total. The Balaban J connectivity index is 1.70. The molecule has 1 atom stereocenters. The molecule has 31 heavy (non-hydrogen) atoms. The molecule has 160 valence electrons. The van der Waals surface area contributed by atoms with E-state index in [4.69, 9.17) is 4.74 Å². The van der Waals surface area contributed by atoms with Gasteiger partial charge in [0.15, 0.2) is 0 Å². The molecule has 0 radical (unpaired) electrons. The zero-order chi connectivity index (χ0) is 22.0. The van der Waals surface area contributed by atoms with E-state index in [0.29, 0.717) is 22.7 Å². The third-order valence-electron chi connectivity index (χ3n) is 4.85. The van der Waals surface area contributed by atoms with Gasteiger partial charge in [-0.1, -0.05) is 30.3 Å². The van der Waals surface area contributed by atoms with Crippen LogP contribution < -0.4 is 9.46 Å². The highest BCUT2D eigenvalue weighted by Crippen LogP contribution is 2.35. The number of methoxy groups -OCH3 is 1. The Bertz CT molecular complexity index is 1220. The van der Waals surface area contributed by atoms with E-state index in [-0.39, 0.29) is 11.9 Å². The van der Waals surface area contributed by atoms with E-state index in [1.807, 2.05) is 41.8 Å². The number of ether oxygens (including phenoxy) is 1. The van der Waals surface area contributed by atoms with E-state index in [2.05, 4.69) is 9.82 Å². The van der Waals surface area contributed by atoms with E-state index in [0.717, 1.165) is 23.1 Å². The summed E-state index contributed by atoms with van der Waals surface area (Å²) in [6.45, 7) is 0. The number of benzene rings is 2. The summed E-state index contributed by atoms with van der Waals surface area (Å²) in [6.07, 6.45) is 1.61. The molecule has 4 rings (SSSR count). The molecule has 0 aliphatic carbocycles. The molecule has 0 saturated carbocycles. The highest BCUT2D eigenvalue weighted by Gasteiger charge is 2.34. The Hall–Kier alpha value is -3.17. The number of hydrazone groups is 1. The van der Waals surface area contributed by atoms with Gasteiger partial charge in [-0.2, -0.15) is 5.10 Å². The monoisotopic (exact) mass is 455 g/mol. The van der Waals surface area contributed by atoms with Gasteiger partial charge in [0.1, 0.15) is 5.75 Å². The summed E-state index contributed by atoms with van der Waals surface area (Å²) in [5, 5.41) is 8.02. The maximum Gasteiger partial charge on any atom is 0.284 e. The van der Waals surface area contributed by atoms with Crippen LogP contribution in [-0.4, -0.2) is 38.4 Å². The maximum atomic E-state index is 13.2. The lowest BCUT2D eigenvalue weighted by atomic mass is 9.98. The number of carbonyl (C=O) groups is 1. The third kappa shape index (κ3) is 4.78. The van der Waals surface area contributed by atoms with Crippen LogP contribution in [0.1, 0.15) is 33.3 Å². The van der Waals surface area contributed by atoms with Crippen LogP contribution in [-0.2, 0) is 10.0 Å². The third-order valence-corrected chi connectivity index (χ3v) is 6.31. The van der Waals surface area contributed by atoms with Crippen LogP contribution in [0.3, 0.4) is 0 Å². The number of rotatable bonds is 6. The van der Waals surface area contributed by atoms with E-state index in [1.54, 1.807) is 31.4 Å². The molecule has 1 amide bonds. The van der Waals surface area contributed by atoms with E-state index >= 15 is 0 Å². The average molecular weight is 456 g/mol. The molecule has 7 nitrogen and oxygen atoms in total. The highest BCUT2D eigenvalue weighted by molar-refractivity contribution is 7.92. The van der Waals surface area contributed by atoms with Crippen molar-refractivity contribution >= 4 is 38.7 Å². The molecular formula is C22H21N3O4S2. The summed E-state index contributed by atoms with van der Waals surface area (Å²) >= 11 is 1.37. The number of sulfonamides is 1. The van der Waals surface area contributed by atoms with Crippen molar-refractivity contribution in [2.45, 2.75) is 12.5 Å². The fourth-order valence-corrected chi connectivity index (χ4v) is 4.66. The first-order chi connectivity index (χ1) is 14.8. The van der Waals surface area contributed by atoms with Gasteiger partial charge in [-0.3, -0.25) is 9.52 Å². The molecule has 1 aromatic heterocycles. The molecule has 3 aromatic rings. The fourth-order valence-electron chi connectivity index (χ4n) is 3.45. The van der Waals surface area contributed by atoms with Crippen molar-refractivity contribution in [3.63, 3.8) is 0 Å². The maximum absolute atomic E-state index is 13.2. The summed E-state index contributed by atoms with van der Waals surface area (Å²) in [5.74, 6) is 0.565. The quantitative estimate of drug-likeness (QED) is 0.606. The molecule has 9 heteroatoms.